The van der Waals surface area contributed by atoms with Gasteiger partial charge in [0.2, 0.25) is 5.91 Å². The molecule has 0 aromatic carbocycles. The second-order valence-corrected chi connectivity index (χ2v) is 6.94. The lowest BCUT2D eigenvalue weighted by Crippen LogP contribution is -2.38. The van der Waals surface area contributed by atoms with Crippen molar-refractivity contribution in [3.05, 3.63) is 44.8 Å². The van der Waals surface area contributed by atoms with Crippen LogP contribution in [-0.4, -0.2) is 11.9 Å². The first-order valence-corrected chi connectivity index (χ1v) is 8.26. The lowest BCUT2D eigenvalue weighted by atomic mass is 10.1. The van der Waals surface area contributed by atoms with E-state index < -0.39 is 0 Å². The summed E-state index contributed by atoms with van der Waals surface area (Å²) in [6.07, 6.45) is 1.74. The van der Waals surface area contributed by atoms with Gasteiger partial charge in [-0.25, -0.2) is 0 Å². The topological polar surface area (TPSA) is 29.1 Å². The number of rotatable bonds is 6. The molecule has 0 fully saturated rings. The van der Waals surface area contributed by atoms with Crippen LogP contribution in [0.4, 0.5) is 0 Å². The van der Waals surface area contributed by atoms with Gasteiger partial charge in [0.25, 0.3) is 0 Å². The highest BCUT2D eigenvalue weighted by molar-refractivity contribution is 7.10. The van der Waals surface area contributed by atoms with Crippen LogP contribution in [0.25, 0.3) is 0 Å². The Bertz CT molecular complexity index is 490. The van der Waals surface area contributed by atoms with E-state index in [1.807, 2.05) is 19.1 Å². The Balaban J connectivity index is 1.79. The van der Waals surface area contributed by atoms with Crippen molar-refractivity contribution in [3.8, 4) is 0 Å². The Morgan fingerprint density at radius 2 is 1.68 bits per heavy atom. The van der Waals surface area contributed by atoms with Crippen molar-refractivity contribution in [1.29, 1.82) is 0 Å². The van der Waals surface area contributed by atoms with Crippen LogP contribution in [0, 0.1) is 5.92 Å². The number of carbonyl (C=O) groups excluding carboxylic acids is 1. The van der Waals surface area contributed by atoms with Gasteiger partial charge in [0.15, 0.2) is 0 Å². The van der Waals surface area contributed by atoms with Crippen molar-refractivity contribution in [2.45, 2.75) is 32.7 Å². The molecule has 0 unspecified atom stereocenters. The molecule has 0 aliphatic heterocycles. The molecule has 1 amide bonds. The van der Waals surface area contributed by atoms with Crippen molar-refractivity contribution >= 4 is 28.6 Å². The fourth-order valence-corrected chi connectivity index (χ4v) is 3.66. The third kappa shape index (κ3) is 4.48. The van der Waals surface area contributed by atoms with Crippen molar-refractivity contribution in [2.24, 2.45) is 5.92 Å². The van der Waals surface area contributed by atoms with Gasteiger partial charge in [0.05, 0.1) is 0 Å². The van der Waals surface area contributed by atoms with Crippen LogP contribution >= 0.6 is 22.7 Å². The van der Waals surface area contributed by atoms with E-state index >= 15 is 0 Å². The summed E-state index contributed by atoms with van der Waals surface area (Å²) < 4.78 is 0. The SMILES string of the molecule is C[C@H](Cc1cccs1)NC(=O)[C@H](C)Cc1cccs1. The molecule has 0 aliphatic rings. The minimum absolute atomic E-state index is 0.0319. The summed E-state index contributed by atoms with van der Waals surface area (Å²) >= 11 is 3.45. The zero-order valence-corrected chi connectivity index (χ0v) is 12.9. The molecule has 0 saturated heterocycles. The second kappa shape index (κ2) is 6.87. The Labute approximate surface area is 122 Å². The summed E-state index contributed by atoms with van der Waals surface area (Å²) in [5.74, 6) is 0.182. The van der Waals surface area contributed by atoms with Gasteiger partial charge < -0.3 is 5.32 Å². The number of hydrogen-bond donors (Lipinski definition) is 1. The molecule has 0 spiro atoms. The maximum absolute atomic E-state index is 12.1. The molecule has 4 heteroatoms. The number of thiophene rings is 2. The zero-order chi connectivity index (χ0) is 13.7. The Hall–Kier alpha value is -1.13. The van der Waals surface area contributed by atoms with Gasteiger partial charge in [-0.3, -0.25) is 4.79 Å². The molecular weight excluding hydrogens is 274 g/mol. The minimum atomic E-state index is 0.0319. The standard InChI is InChI=1S/C15H19NOS2/c1-11(9-13-5-3-7-18-13)15(17)16-12(2)10-14-6-4-8-19-14/h3-8,11-12H,9-10H2,1-2H3,(H,16,17)/t11-,12-/m1/s1. The quantitative estimate of drug-likeness (QED) is 0.864. The van der Waals surface area contributed by atoms with E-state index in [1.54, 1.807) is 22.7 Å². The van der Waals surface area contributed by atoms with Crippen LogP contribution in [0.15, 0.2) is 35.0 Å². The summed E-state index contributed by atoms with van der Waals surface area (Å²) in [5, 5.41) is 7.23. The van der Waals surface area contributed by atoms with Crippen molar-refractivity contribution in [3.63, 3.8) is 0 Å². The number of hydrogen-bond acceptors (Lipinski definition) is 3. The zero-order valence-electron chi connectivity index (χ0n) is 11.3. The van der Waals surface area contributed by atoms with E-state index in [1.165, 1.54) is 9.75 Å². The molecule has 1 N–H and O–H groups in total. The first-order chi connectivity index (χ1) is 9.15. The number of amides is 1. The van der Waals surface area contributed by atoms with E-state index in [2.05, 4.69) is 35.1 Å². The number of nitrogens with one attached hydrogen (secondary N) is 1. The average molecular weight is 293 g/mol. The fourth-order valence-electron chi connectivity index (χ4n) is 1.99. The fraction of sp³-hybridized carbons (Fsp3) is 0.400. The summed E-state index contributed by atoms with van der Waals surface area (Å²) in [6.45, 7) is 4.06. The lowest BCUT2D eigenvalue weighted by molar-refractivity contribution is -0.125. The molecule has 0 aliphatic carbocycles. The highest BCUT2D eigenvalue weighted by Crippen LogP contribution is 2.15. The molecule has 0 radical (unpaired) electrons. The Morgan fingerprint density at radius 3 is 2.21 bits per heavy atom. The van der Waals surface area contributed by atoms with Gasteiger partial charge in [-0.2, -0.15) is 0 Å². The van der Waals surface area contributed by atoms with Crippen LogP contribution in [0.2, 0.25) is 0 Å². The predicted octanol–water partition coefficient (Wildman–Crippen LogP) is 3.74. The molecule has 102 valence electrons. The van der Waals surface area contributed by atoms with Crippen LogP contribution in [-0.2, 0) is 17.6 Å². The van der Waals surface area contributed by atoms with E-state index in [0.717, 1.165) is 12.8 Å². The molecule has 19 heavy (non-hydrogen) atoms. The lowest BCUT2D eigenvalue weighted by Gasteiger charge is -2.16. The minimum Gasteiger partial charge on any atom is -0.353 e. The third-order valence-corrected chi connectivity index (χ3v) is 4.81. The molecule has 2 nitrogen and oxygen atoms in total. The maximum Gasteiger partial charge on any atom is 0.223 e. The first kappa shape index (κ1) is 14.3. The normalized spacial score (nSPS) is 14.0. The molecule has 2 rings (SSSR count). The predicted molar refractivity (Wildman–Crippen MR) is 82.8 cm³/mol. The molecular formula is C15H19NOS2. The van der Waals surface area contributed by atoms with Crippen LogP contribution < -0.4 is 5.32 Å². The highest BCUT2D eigenvalue weighted by Gasteiger charge is 2.16. The van der Waals surface area contributed by atoms with E-state index in [-0.39, 0.29) is 17.9 Å². The maximum atomic E-state index is 12.1. The summed E-state index contributed by atoms with van der Waals surface area (Å²) in [6, 6.07) is 8.47. The van der Waals surface area contributed by atoms with Gasteiger partial charge in [0.1, 0.15) is 0 Å². The van der Waals surface area contributed by atoms with Gasteiger partial charge in [0, 0.05) is 28.1 Å². The molecule has 2 aromatic rings. The monoisotopic (exact) mass is 293 g/mol. The largest absolute Gasteiger partial charge is 0.353 e. The number of carbonyl (C=O) groups is 1. The summed E-state index contributed by atoms with van der Waals surface area (Å²) in [5.41, 5.74) is 0. The van der Waals surface area contributed by atoms with Crippen molar-refractivity contribution < 1.29 is 4.79 Å². The van der Waals surface area contributed by atoms with Gasteiger partial charge >= 0.3 is 0 Å². The van der Waals surface area contributed by atoms with Crippen LogP contribution in [0.1, 0.15) is 23.6 Å². The third-order valence-electron chi connectivity index (χ3n) is 3.01. The first-order valence-electron chi connectivity index (χ1n) is 6.50. The Morgan fingerprint density at radius 1 is 1.11 bits per heavy atom. The van der Waals surface area contributed by atoms with Crippen LogP contribution in [0.5, 0.6) is 0 Å². The van der Waals surface area contributed by atoms with E-state index in [0.29, 0.717) is 0 Å². The Kier molecular flexibility index (Phi) is 5.16. The van der Waals surface area contributed by atoms with E-state index in [4.69, 9.17) is 0 Å². The molecule has 2 aromatic heterocycles. The molecule has 0 saturated carbocycles. The summed E-state index contributed by atoms with van der Waals surface area (Å²) in [7, 11) is 0. The van der Waals surface area contributed by atoms with Crippen molar-refractivity contribution in [1.82, 2.24) is 5.32 Å². The smallest absolute Gasteiger partial charge is 0.223 e. The van der Waals surface area contributed by atoms with E-state index in [9.17, 15) is 4.79 Å². The van der Waals surface area contributed by atoms with Gasteiger partial charge in [-0.15, -0.1) is 22.7 Å². The van der Waals surface area contributed by atoms with Crippen molar-refractivity contribution in [2.75, 3.05) is 0 Å². The average Bonchev–Trinajstić information content (AvgIpc) is 3.01. The van der Waals surface area contributed by atoms with Gasteiger partial charge in [-0.05, 0) is 36.2 Å². The summed E-state index contributed by atoms with van der Waals surface area (Å²) in [4.78, 5) is 14.7. The van der Waals surface area contributed by atoms with Crippen LogP contribution in [0.3, 0.4) is 0 Å². The molecule has 0 bridgehead atoms. The molecule has 2 heterocycles. The highest BCUT2D eigenvalue weighted by atomic mass is 32.1. The molecule has 2 atom stereocenters. The van der Waals surface area contributed by atoms with Gasteiger partial charge in [-0.1, -0.05) is 19.1 Å². The second-order valence-electron chi connectivity index (χ2n) is 4.88.